The summed E-state index contributed by atoms with van der Waals surface area (Å²) < 4.78 is 220. The van der Waals surface area contributed by atoms with E-state index in [0.29, 0.717) is 0 Å². The first-order valence-corrected chi connectivity index (χ1v) is 6.59. The number of halogens is 17. The normalized spacial score (nSPS) is 18.2. The first kappa shape index (κ1) is 27.8. The lowest BCUT2D eigenvalue weighted by Crippen LogP contribution is -2.75. The summed E-state index contributed by atoms with van der Waals surface area (Å²) in [5.74, 6) is -62.7. The van der Waals surface area contributed by atoms with E-state index >= 15 is 0 Å². The number of hydrogen-bond acceptors (Lipinski definition) is 1. The lowest BCUT2D eigenvalue weighted by molar-refractivity contribution is -0.462. The molecule has 18 heteroatoms. The van der Waals surface area contributed by atoms with E-state index < -0.39 is 60.2 Å². The van der Waals surface area contributed by atoms with Crippen molar-refractivity contribution in [1.29, 1.82) is 0 Å². The van der Waals surface area contributed by atoms with Crippen molar-refractivity contribution in [3.63, 3.8) is 0 Å². The summed E-state index contributed by atoms with van der Waals surface area (Å²) in [4.78, 5) is 0. The van der Waals surface area contributed by atoms with Crippen LogP contribution in [0.3, 0.4) is 0 Å². The molecule has 0 radical (unpaired) electrons. The average Bonchev–Trinajstić information content (AvgIpc) is 2.53. The highest BCUT2D eigenvalue weighted by atomic mass is 19.4. The second kappa shape index (κ2) is 6.90. The Labute approximate surface area is 148 Å². The molecular formula is C11H7F17O. The first-order chi connectivity index (χ1) is 12.3. The lowest BCUT2D eigenvalue weighted by Gasteiger charge is -2.43. The molecule has 0 heterocycles. The van der Waals surface area contributed by atoms with Gasteiger partial charge in [-0.05, 0) is 0 Å². The minimum atomic E-state index is -8.59. The topological polar surface area (TPSA) is 20.2 Å². The molecule has 0 saturated heterocycles. The van der Waals surface area contributed by atoms with Crippen molar-refractivity contribution in [3.8, 4) is 0 Å². The van der Waals surface area contributed by atoms with E-state index in [-0.39, 0.29) is 6.92 Å². The third kappa shape index (κ3) is 3.28. The molecule has 29 heavy (non-hydrogen) atoms. The second-order valence-corrected chi connectivity index (χ2v) is 5.48. The molecule has 0 rings (SSSR count). The van der Waals surface area contributed by atoms with Gasteiger partial charge in [0.25, 0.3) is 0 Å². The maximum Gasteiger partial charge on any atom is 0.384 e. The fourth-order valence-corrected chi connectivity index (χ4v) is 1.60. The zero-order valence-corrected chi connectivity index (χ0v) is 13.2. The Balaban J connectivity index is 6.76. The summed E-state index contributed by atoms with van der Waals surface area (Å²) in [7, 11) is 0. The van der Waals surface area contributed by atoms with Crippen LogP contribution >= 0.6 is 0 Å². The zero-order chi connectivity index (χ0) is 24.3. The minimum absolute atomic E-state index is 0.0745. The van der Waals surface area contributed by atoms with Gasteiger partial charge in [-0.2, -0.15) is 65.9 Å². The van der Waals surface area contributed by atoms with Gasteiger partial charge in [-0.15, -0.1) is 0 Å². The van der Waals surface area contributed by atoms with Crippen LogP contribution < -0.4 is 0 Å². The summed E-state index contributed by atoms with van der Waals surface area (Å²) in [6.45, 7) is -0.0745. The molecular weight excluding hydrogens is 471 g/mol. The second-order valence-electron chi connectivity index (χ2n) is 5.48. The monoisotopic (exact) mass is 478 g/mol. The Hall–Kier alpha value is -1.23. The van der Waals surface area contributed by atoms with Gasteiger partial charge in [-0.1, -0.05) is 6.92 Å². The Morgan fingerprint density at radius 1 is 0.517 bits per heavy atom. The molecule has 0 saturated carbocycles. The Morgan fingerprint density at radius 3 is 1.00 bits per heavy atom. The van der Waals surface area contributed by atoms with E-state index in [1.54, 1.807) is 0 Å². The Morgan fingerprint density at radius 2 is 0.759 bits per heavy atom. The van der Waals surface area contributed by atoms with Crippen LogP contribution in [0.1, 0.15) is 13.3 Å². The summed E-state index contributed by atoms with van der Waals surface area (Å²) in [6, 6.07) is 0. The molecule has 0 aromatic rings. The maximum atomic E-state index is 13.2. The zero-order valence-electron chi connectivity index (χ0n) is 13.2. The van der Waals surface area contributed by atoms with Gasteiger partial charge in [-0.3, -0.25) is 0 Å². The molecule has 1 atom stereocenters. The smallest absolute Gasteiger partial charge is 0.353 e. The van der Waals surface area contributed by atoms with E-state index in [2.05, 4.69) is 0 Å². The summed E-state index contributed by atoms with van der Waals surface area (Å²) in [5, 5.41) is 7.93. The van der Waals surface area contributed by atoms with E-state index in [1.165, 1.54) is 0 Å². The molecule has 0 amide bonds. The number of rotatable bonds is 9. The SMILES string of the molecule is CCC(F)(F)C(F)(F)C(F)(F)C(F)(F)C(F)(F)C(F)(F)C(F)(F)C(O)(F)C(F)F. The number of hydrogen-bond donors (Lipinski definition) is 1. The van der Waals surface area contributed by atoms with Gasteiger partial charge in [-0.25, -0.2) is 8.78 Å². The lowest BCUT2D eigenvalue weighted by atomic mass is 9.87. The number of aliphatic hydroxyl groups is 1. The van der Waals surface area contributed by atoms with Gasteiger partial charge < -0.3 is 5.11 Å². The van der Waals surface area contributed by atoms with Crippen molar-refractivity contribution in [2.45, 2.75) is 67.1 Å². The summed E-state index contributed by atoms with van der Waals surface area (Å²) in [5.41, 5.74) is 0. The Bertz CT molecular complexity index is 592. The highest BCUT2D eigenvalue weighted by Crippen LogP contribution is 2.64. The van der Waals surface area contributed by atoms with Crippen molar-refractivity contribution in [2.24, 2.45) is 0 Å². The van der Waals surface area contributed by atoms with Crippen LogP contribution in [0.15, 0.2) is 0 Å². The fraction of sp³-hybridized carbons (Fsp3) is 1.00. The van der Waals surface area contributed by atoms with E-state index in [4.69, 9.17) is 5.11 Å². The van der Waals surface area contributed by atoms with Gasteiger partial charge >= 0.3 is 53.7 Å². The molecule has 0 bridgehead atoms. The van der Waals surface area contributed by atoms with Gasteiger partial charge in [0.2, 0.25) is 0 Å². The predicted octanol–water partition coefficient (Wildman–Crippen LogP) is 5.77. The van der Waals surface area contributed by atoms with Crippen LogP contribution in [0, 0.1) is 0 Å². The standard InChI is InChI=1S/C11H7F17O/c1-2-4(14,15)6(17,18)8(21,22)10(25,26)11(27,28)9(23,24)7(19,20)5(16,29)3(12)13/h3,29H,2H2,1H3. The predicted molar refractivity (Wildman–Crippen MR) is 57.0 cm³/mol. The van der Waals surface area contributed by atoms with Crippen LogP contribution in [0.25, 0.3) is 0 Å². The molecule has 0 aliphatic carbocycles. The molecule has 0 aromatic carbocycles. The highest BCUT2D eigenvalue weighted by molar-refractivity contribution is 5.15. The maximum absolute atomic E-state index is 13.2. The van der Waals surface area contributed by atoms with Crippen LogP contribution in [-0.2, 0) is 0 Å². The van der Waals surface area contributed by atoms with E-state index in [0.717, 1.165) is 0 Å². The van der Waals surface area contributed by atoms with Crippen molar-refractivity contribution < 1.29 is 79.7 Å². The summed E-state index contributed by atoms with van der Waals surface area (Å²) >= 11 is 0. The van der Waals surface area contributed by atoms with E-state index in [9.17, 15) is 74.6 Å². The van der Waals surface area contributed by atoms with Crippen molar-refractivity contribution in [2.75, 3.05) is 0 Å². The third-order valence-corrected chi connectivity index (χ3v) is 3.60. The molecule has 1 unspecified atom stereocenters. The van der Waals surface area contributed by atoms with Crippen molar-refractivity contribution >= 4 is 0 Å². The van der Waals surface area contributed by atoms with Crippen LogP contribution in [0.4, 0.5) is 74.6 Å². The molecule has 1 nitrogen and oxygen atoms in total. The van der Waals surface area contributed by atoms with Gasteiger partial charge in [0.05, 0.1) is 0 Å². The highest BCUT2D eigenvalue weighted by Gasteiger charge is 2.94. The van der Waals surface area contributed by atoms with Gasteiger partial charge in [0.1, 0.15) is 0 Å². The van der Waals surface area contributed by atoms with Gasteiger partial charge in [0, 0.05) is 6.42 Å². The van der Waals surface area contributed by atoms with Crippen LogP contribution in [0.2, 0.25) is 0 Å². The Kier molecular flexibility index (Phi) is 6.60. The van der Waals surface area contributed by atoms with Gasteiger partial charge in [0.15, 0.2) is 0 Å². The molecule has 0 aromatic heterocycles. The van der Waals surface area contributed by atoms with E-state index in [1.807, 2.05) is 0 Å². The fourth-order valence-electron chi connectivity index (χ4n) is 1.60. The minimum Gasteiger partial charge on any atom is -0.353 e. The van der Waals surface area contributed by atoms with Crippen LogP contribution in [-0.4, -0.2) is 58.8 Å². The van der Waals surface area contributed by atoms with Crippen molar-refractivity contribution in [3.05, 3.63) is 0 Å². The number of alkyl halides is 17. The molecule has 0 spiro atoms. The largest absolute Gasteiger partial charge is 0.384 e. The summed E-state index contributed by atoms with van der Waals surface area (Å²) in [6.07, 6.45) is -8.21. The molecule has 0 aliphatic rings. The molecule has 1 N–H and O–H groups in total. The first-order valence-electron chi connectivity index (χ1n) is 6.59. The molecule has 176 valence electrons. The van der Waals surface area contributed by atoms with Crippen molar-refractivity contribution in [1.82, 2.24) is 0 Å². The molecule has 0 fully saturated rings. The third-order valence-electron chi connectivity index (χ3n) is 3.60. The quantitative estimate of drug-likeness (QED) is 0.418. The average molecular weight is 478 g/mol. The van der Waals surface area contributed by atoms with Crippen LogP contribution in [0.5, 0.6) is 0 Å². The molecule has 0 aliphatic heterocycles.